The van der Waals surface area contributed by atoms with E-state index in [-0.39, 0.29) is 6.61 Å². The van der Waals surface area contributed by atoms with Crippen LogP contribution < -0.4 is 4.74 Å². The Morgan fingerprint density at radius 2 is 2.30 bits per heavy atom. The number of likely N-dealkylation sites (tertiary alicyclic amines) is 1. The van der Waals surface area contributed by atoms with Crippen LogP contribution in [0.15, 0.2) is 18.2 Å². The van der Waals surface area contributed by atoms with Crippen LogP contribution in [0.1, 0.15) is 30.4 Å². The molecular weight excluding hydrogens is 250 g/mol. The van der Waals surface area contributed by atoms with Crippen molar-refractivity contribution in [3.05, 3.63) is 29.3 Å². The molecule has 1 saturated carbocycles. The van der Waals surface area contributed by atoms with Gasteiger partial charge in [-0.25, -0.2) is 0 Å². The molecule has 1 aliphatic heterocycles. The summed E-state index contributed by atoms with van der Waals surface area (Å²) in [5, 5.41) is 8.79. The van der Waals surface area contributed by atoms with Crippen molar-refractivity contribution in [1.82, 2.24) is 4.90 Å². The van der Waals surface area contributed by atoms with Crippen LogP contribution in [0.2, 0.25) is 0 Å². The number of methoxy groups -OCH3 is 1. The molecule has 2 aliphatic rings. The van der Waals surface area contributed by atoms with Gasteiger partial charge in [-0.2, -0.15) is 0 Å². The number of benzene rings is 1. The molecule has 1 N–H and O–H groups in total. The highest BCUT2D eigenvalue weighted by Gasteiger charge is 2.37. The highest BCUT2D eigenvalue weighted by molar-refractivity contribution is 5.44. The number of piperidine rings is 1. The maximum atomic E-state index is 8.79. The number of nitrogens with zero attached hydrogens (tertiary/aromatic N) is 1. The van der Waals surface area contributed by atoms with E-state index < -0.39 is 0 Å². The van der Waals surface area contributed by atoms with Crippen molar-refractivity contribution < 1.29 is 9.84 Å². The topological polar surface area (TPSA) is 32.7 Å². The molecule has 0 aromatic heterocycles. The maximum absolute atomic E-state index is 8.79. The molecule has 2 atom stereocenters. The molecule has 0 amide bonds. The summed E-state index contributed by atoms with van der Waals surface area (Å²) in [5.74, 6) is 7.51. The lowest BCUT2D eigenvalue weighted by Crippen LogP contribution is -2.31. The maximum Gasteiger partial charge on any atom is 0.123 e. The fourth-order valence-corrected chi connectivity index (χ4v) is 3.56. The van der Waals surface area contributed by atoms with Crippen LogP contribution in [-0.2, 0) is 6.54 Å². The third-order valence-corrected chi connectivity index (χ3v) is 4.49. The fraction of sp³-hybridized carbons (Fsp3) is 0.529. The van der Waals surface area contributed by atoms with E-state index in [1.165, 1.54) is 31.4 Å². The van der Waals surface area contributed by atoms with Crippen LogP contribution in [0.4, 0.5) is 0 Å². The first kappa shape index (κ1) is 13.5. The normalized spacial score (nSPS) is 24.5. The van der Waals surface area contributed by atoms with E-state index in [0.29, 0.717) is 0 Å². The molecule has 0 radical (unpaired) electrons. The lowest BCUT2D eigenvalue weighted by molar-refractivity contribution is 0.203. The second-order valence-corrected chi connectivity index (χ2v) is 5.75. The van der Waals surface area contributed by atoms with Gasteiger partial charge < -0.3 is 9.84 Å². The van der Waals surface area contributed by atoms with Gasteiger partial charge in [0.05, 0.1) is 7.11 Å². The highest BCUT2D eigenvalue weighted by atomic mass is 16.5. The minimum Gasteiger partial charge on any atom is -0.496 e. The number of aliphatic hydroxyl groups is 1. The standard InChI is InChI=1S/C17H21NO2/c1-20-17-7-5-13(3-2-8-19)9-15(17)12-18-11-14-4-6-16(18)10-14/h5,7,9,14,16,19H,4,6,8,10-12H2,1H3. The smallest absolute Gasteiger partial charge is 0.123 e. The van der Waals surface area contributed by atoms with Crippen LogP contribution in [0, 0.1) is 17.8 Å². The van der Waals surface area contributed by atoms with Crippen LogP contribution in [0.3, 0.4) is 0 Å². The van der Waals surface area contributed by atoms with E-state index in [2.05, 4.69) is 22.8 Å². The summed E-state index contributed by atoms with van der Waals surface area (Å²) in [6, 6.07) is 6.77. The summed E-state index contributed by atoms with van der Waals surface area (Å²) < 4.78 is 5.47. The molecule has 2 bridgehead atoms. The van der Waals surface area contributed by atoms with E-state index in [1.54, 1.807) is 7.11 Å². The molecule has 106 valence electrons. The van der Waals surface area contributed by atoms with Gasteiger partial charge in [-0.3, -0.25) is 4.90 Å². The Balaban J connectivity index is 1.79. The first-order chi connectivity index (χ1) is 9.80. The third kappa shape index (κ3) is 2.67. The van der Waals surface area contributed by atoms with Crippen LogP contribution in [0.5, 0.6) is 5.75 Å². The van der Waals surface area contributed by atoms with Crippen LogP contribution in [-0.4, -0.2) is 36.3 Å². The Kier molecular flexibility index (Phi) is 3.95. The molecule has 0 spiro atoms. The van der Waals surface area contributed by atoms with E-state index in [0.717, 1.165) is 29.8 Å². The van der Waals surface area contributed by atoms with E-state index >= 15 is 0 Å². The van der Waals surface area contributed by atoms with Gasteiger partial charge in [0.25, 0.3) is 0 Å². The third-order valence-electron chi connectivity index (χ3n) is 4.49. The minimum atomic E-state index is -0.1000. The Morgan fingerprint density at radius 1 is 1.40 bits per heavy atom. The summed E-state index contributed by atoms with van der Waals surface area (Å²) in [6.07, 6.45) is 4.11. The van der Waals surface area contributed by atoms with Gasteiger partial charge in [0, 0.05) is 30.3 Å². The van der Waals surface area contributed by atoms with Crippen molar-refractivity contribution >= 4 is 0 Å². The molecular formula is C17H21NO2. The van der Waals surface area contributed by atoms with Gasteiger partial charge in [-0.15, -0.1) is 0 Å². The van der Waals surface area contributed by atoms with Crippen molar-refractivity contribution in [2.24, 2.45) is 5.92 Å². The molecule has 1 aliphatic carbocycles. The highest BCUT2D eigenvalue weighted by Crippen LogP contribution is 2.38. The quantitative estimate of drug-likeness (QED) is 0.854. The predicted molar refractivity (Wildman–Crippen MR) is 78.5 cm³/mol. The zero-order chi connectivity index (χ0) is 13.9. The summed E-state index contributed by atoms with van der Waals surface area (Å²) in [5.41, 5.74) is 2.14. The molecule has 1 saturated heterocycles. The molecule has 20 heavy (non-hydrogen) atoms. The van der Waals surface area contributed by atoms with Crippen LogP contribution >= 0.6 is 0 Å². The van der Waals surface area contributed by atoms with Gasteiger partial charge in [0.2, 0.25) is 0 Å². The number of hydrogen-bond acceptors (Lipinski definition) is 3. The SMILES string of the molecule is COc1ccc(C#CCO)cc1CN1CC2CCC1C2. The van der Waals surface area contributed by atoms with Gasteiger partial charge in [-0.05, 0) is 43.4 Å². The Hall–Kier alpha value is -1.50. The van der Waals surface area contributed by atoms with Crippen molar-refractivity contribution in [1.29, 1.82) is 0 Å². The number of aliphatic hydroxyl groups excluding tert-OH is 1. The molecule has 1 aromatic carbocycles. The van der Waals surface area contributed by atoms with E-state index in [9.17, 15) is 0 Å². The zero-order valence-corrected chi connectivity index (χ0v) is 11.9. The number of ether oxygens (including phenoxy) is 1. The summed E-state index contributed by atoms with van der Waals surface area (Å²) in [4.78, 5) is 2.58. The molecule has 3 nitrogen and oxygen atoms in total. The Bertz CT molecular complexity index is 544. The number of hydrogen-bond donors (Lipinski definition) is 1. The molecule has 1 heterocycles. The Labute approximate surface area is 120 Å². The lowest BCUT2D eigenvalue weighted by atomic mass is 10.1. The average molecular weight is 271 g/mol. The fourth-order valence-electron chi connectivity index (χ4n) is 3.56. The second kappa shape index (κ2) is 5.87. The number of rotatable bonds is 3. The minimum absolute atomic E-state index is 0.1000. The molecule has 2 unspecified atom stereocenters. The summed E-state index contributed by atoms with van der Waals surface area (Å²) >= 11 is 0. The first-order valence-electron chi connectivity index (χ1n) is 7.31. The van der Waals surface area contributed by atoms with Gasteiger partial charge in [0.15, 0.2) is 0 Å². The first-order valence-corrected chi connectivity index (χ1v) is 7.31. The lowest BCUT2D eigenvalue weighted by Gasteiger charge is -2.27. The predicted octanol–water partition coefficient (Wildman–Crippen LogP) is 2.02. The Morgan fingerprint density at radius 3 is 2.95 bits per heavy atom. The number of fused-ring (bicyclic) bond motifs is 2. The largest absolute Gasteiger partial charge is 0.496 e. The van der Waals surface area contributed by atoms with Crippen LogP contribution in [0.25, 0.3) is 0 Å². The van der Waals surface area contributed by atoms with E-state index in [1.807, 2.05) is 12.1 Å². The molecule has 3 heteroatoms. The monoisotopic (exact) mass is 271 g/mol. The summed E-state index contributed by atoms with van der Waals surface area (Å²) in [6.45, 7) is 2.07. The van der Waals surface area contributed by atoms with E-state index in [4.69, 9.17) is 9.84 Å². The average Bonchev–Trinajstić information content (AvgIpc) is 3.08. The van der Waals surface area contributed by atoms with Crippen molar-refractivity contribution in [2.45, 2.75) is 31.8 Å². The summed E-state index contributed by atoms with van der Waals surface area (Å²) in [7, 11) is 1.72. The van der Waals surface area contributed by atoms with Crippen molar-refractivity contribution in [3.8, 4) is 17.6 Å². The van der Waals surface area contributed by atoms with Gasteiger partial charge >= 0.3 is 0 Å². The zero-order valence-electron chi connectivity index (χ0n) is 11.9. The van der Waals surface area contributed by atoms with Gasteiger partial charge in [-0.1, -0.05) is 11.8 Å². The second-order valence-electron chi connectivity index (χ2n) is 5.75. The molecule has 2 fully saturated rings. The van der Waals surface area contributed by atoms with Crippen molar-refractivity contribution in [2.75, 3.05) is 20.3 Å². The van der Waals surface area contributed by atoms with Crippen molar-refractivity contribution in [3.63, 3.8) is 0 Å². The molecule has 1 aromatic rings. The van der Waals surface area contributed by atoms with Gasteiger partial charge in [0.1, 0.15) is 12.4 Å². The molecule has 3 rings (SSSR count).